The standard InChI is InChI=1S/C26H25N3O3/c1-18-8-7-11-21(14-18)27-26(32)22-12-5-6-13-23(22)28-25(31)20-15-24(30)29(17-20)16-19-9-3-2-4-10-19/h2-14,20H,15-17H2,1H3,(H,27,32)(H,28,31). The number of anilines is 2. The molecule has 32 heavy (non-hydrogen) atoms. The third kappa shape index (κ3) is 5.03. The Labute approximate surface area is 187 Å². The molecule has 1 fully saturated rings. The van der Waals surface area contributed by atoms with E-state index in [-0.39, 0.29) is 24.1 Å². The van der Waals surface area contributed by atoms with Crippen molar-refractivity contribution < 1.29 is 14.4 Å². The summed E-state index contributed by atoms with van der Waals surface area (Å²) in [6.45, 7) is 2.80. The third-order valence-electron chi connectivity index (χ3n) is 5.51. The molecule has 3 aromatic rings. The highest BCUT2D eigenvalue weighted by atomic mass is 16.2. The second-order valence-corrected chi connectivity index (χ2v) is 8.02. The lowest BCUT2D eigenvalue weighted by atomic mass is 10.1. The van der Waals surface area contributed by atoms with Crippen LogP contribution in [0.3, 0.4) is 0 Å². The number of nitrogens with zero attached hydrogens (tertiary/aromatic N) is 1. The Morgan fingerprint density at radius 2 is 1.69 bits per heavy atom. The van der Waals surface area contributed by atoms with Gasteiger partial charge in [-0.3, -0.25) is 14.4 Å². The summed E-state index contributed by atoms with van der Waals surface area (Å²) in [6, 6.07) is 24.1. The summed E-state index contributed by atoms with van der Waals surface area (Å²) in [4.78, 5) is 39.9. The molecule has 1 aliphatic heterocycles. The number of likely N-dealkylation sites (tertiary alicyclic amines) is 1. The highest BCUT2D eigenvalue weighted by Gasteiger charge is 2.34. The van der Waals surface area contributed by atoms with Crippen LogP contribution in [-0.4, -0.2) is 29.2 Å². The van der Waals surface area contributed by atoms with Gasteiger partial charge >= 0.3 is 0 Å². The Morgan fingerprint density at radius 1 is 0.938 bits per heavy atom. The normalized spacial score (nSPS) is 15.5. The number of hydrogen-bond donors (Lipinski definition) is 2. The van der Waals surface area contributed by atoms with Crippen LogP contribution in [0.2, 0.25) is 0 Å². The molecule has 1 heterocycles. The molecule has 1 aliphatic rings. The Kier molecular flexibility index (Phi) is 6.31. The minimum atomic E-state index is -0.459. The number of carbonyl (C=O) groups is 3. The van der Waals surface area contributed by atoms with Crippen molar-refractivity contribution in [3.63, 3.8) is 0 Å². The van der Waals surface area contributed by atoms with Gasteiger partial charge in [0.2, 0.25) is 11.8 Å². The fourth-order valence-corrected chi connectivity index (χ4v) is 3.85. The Morgan fingerprint density at radius 3 is 2.47 bits per heavy atom. The van der Waals surface area contributed by atoms with Crippen LogP contribution in [0, 0.1) is 12.8 Å². The zero-order valence-electron chi connectivity index (χ0n) is 17.9. The molecule has 162 valence electrons. The Hall–Kier alpha value is -3.93. The van der Waals surface area contributed by atoms with Crippen LogP contribution in [0.4, 0.5) is 11.4 Å². The lowest BCUT2D eigenvalue weighted by Crippen LogP contribution is -2.28. The van der Waals surface area contributed by atoms with Crippen molar-refractivity contribution in [2.45, 2.75) is 19.9 Å². The summed E-state index contributed by atoms with van der Waals surface area (Å²) in [6.07, 6.45) is 0.163. The zero-order valence-corrected chi connectivity index (χ0v) is 17.9. The summed E-state index contributed by atoms with van der Waals surface area (Å²) in [5, 5.41) is 5.73. The van der Waals surface area contributed by atoms with Gasteiger partial charge in [-0.25, -0.2) is 0 Å². The quantitative estimate of drug-likeness (QED) is 0.618. The van der Waals surface area contributed by atoms with Crippen LogP contribution in [0.1, 0.15) is 27.9 Å². The van der Waals surface area contributed by atoms with Crippen molar-refractivity contribution in [3.8, 4) is 0 Å². The molecule has 6 heteroatoms. The van der Waals surface area contributed by atoms with E-state index in [0.717, 1.165) is 11.1 Å². The molecule has 1 saturated heterocycles. The molecule has 2 N–H and O–H groups in total. The highest BCUT2D eigenvalue weighted by Crippen LogP contribution is 2.24. The molecule has 4 rings (SSSR count). The van der Waals surface area contributed by atoms with Crippen LogP contribution < -0.4 is 10.6 Å². The van der Waals surface area contributed by atoms with E-state index in [1.807, 2.05) is 61.5 Å². The van der Waals surface area contributed by atoms with Crippen LogP contribution in [0.5, 0.6) is 0 Å². The first-order chi connectivity index (χ1) is 15.5. The predicted octanol–water partition coefficient (Wildman–Crippen LogP) is 4.23. The fourth-order valence-electron chi connectivity index (χ4n) is 3.85. The number of aryl methyl sites for hydroxylation is 1. The smallest absolute Gasteiger partial charge is 0.257 e. The maximum absolute atomic E-state index is 12.9. The van der Waals surface area contributed by atoms with Gasteiger partial charge in [0.25, 0.3) is 5.91 Å². The molecule has 0 bridgehead atoms. The molecule has 1 atom stereocenters. The van der Waals surface area contributed by atoms with E-state index in [9.17, 15) is 14.4 Å². The predicted molar refractivity (Wildman–Crippen MR) is 124 cm³/mol. The number of para-hydroxylation sites is 1. The van der Waals surface area contributed by atoms with Crippen molar-refractivity contribution in [1.29, 1.82) is 0 Å². The number of amides is 3. The Balaban J connectivity index is 1.42. The minimum absolute atomic E-state index is 0.0421. The van der Waals surface area contributed by atoms with Crippen LogP contribution in [0.25, 0.3) is 0 Å². The molecule has 0 aliphatic carbocycles. The summed E-state index contributed by atoms with van der Waals surface area (Å²) in [5.41, 5.74) is 3.55. The Bertz CT molecular complexity index is 1140. The molecule has 0 radical (unpaired) electrons. The second-order valence-electron chi connectivity index (χ2n) is 8.02. The van der Waals surface area contributed by atoms with Gasteiger partial charge in [-0.05, 0) is 42.3 Å². The van der Waals surface area contributed by atoms with E-state index in [2.05, 4.69) is 10.6 Å². The van der Waals surface area contributed by atoms with Gasteiger partial charge < -0.3 is 15.5 Å². The maximum atomic E-state index is 12.9. The van der Waals surface area contributed by atoms with Crippen LogP contribution >= 0.6 is 0 Å². The van der Waals surface area contributed by atoms with E-state index in [0.29, 0.717) is 30.0 Å². The first-order valence-electron chi connectivity index (χ1n) is 10.6. The first-order valence-corrected chi connectivity index (χ1v) is 10.6. The largest absolute Gasteiger partial charge is 0.338 e. The minimum Gasteiger partial charge on any atom is -0.338 e. The molecular weight excluding hydrogens is 402 g/mol. The van der Waals surface area contributed by atoms with Crippen molar-refractivity contribution >= 4 is 29.1 Å². The molecule has 3 amide bonds. The van der Waals surface area contributed by atoms with Crippen molar-refractivity contribution in [2.75, 3.05) is 17.2 Å². The number of hydrogen-bond acceptors (Lipinski definition) is 3. The van der Waals surface area contributed by atoms with Crippen molar-refractivity contribution in [2.24, 2.45) is 5.92 Å². The lowest BCUT2D eigenvalue weighted by Gasteiger charge is -2.17. The third-order valence-corrected chi connectivity index (χ3v) is 5.51. The van der Waals surface area contributed by atoms with Gasteiger partial charge in [0, 0.05) is 25.2 Å². The second kappa shape index (κ2) is 9.47. The van der Waals surface area contributed by atoms with Crippen molar-refractivity contribution in [3.05, 3.63) is 95.6 Å². The van der Waals surface area contributed by atoms with E-state index >= 15 is 0 Å². The van der Waals surface area contributed by atoms with E-state index in [4.69, 9.17) is 0 Å². The number of rotatable bonds is 6. The molecule has 0 saturated carbocycles. The molecule has 0 aromatic heterocycles. The van der Waals surface area contributed by atoms with E-state index in [1.54, 1.807) is 29.2 Å². The monoisotopic (exact) mass is 427 g/mol. The molecule has 3 aromatic carbocycles. The van der Waals surface area contributed by atoms with Crippen LogP contribution in [0.15, 0.2) is 78.9 Å². The molecule has 0 spiro atoms. The summed E-state index contributed by atoms with van der Waals surface area (Å²) >= 11 is 0. The summed E-state index contributed by atoms with van der Waals surface area (Å²) < 4.78 is 0. The van der Waals surface area contributed by atoms with Gasteiger partial charge in [-0.2, -0.15) is 0 Å². The summed E-state index contributed by atoms with van der Waals surface area (Å²) in [5.74, 6) is -1.07. The van der Waals surface area contributed by atoms with Crippen LogP contribution in [-0.2, 0) is 16.1 Å². The van der Waals surface area contributed by atoms with Gasteiger partial charge in [-0.15, -0.1) is 0 Å². The number of carbonyl (C=O) groups excluding carboxylic acids is 3. The number of benzene rings is 3. The lowest BCUT2D eigenvalue weighted by molar-refractivity contribution is -0.128. The van der Waals surface area contributed by atoms with Gasteiger partial charge in [-0.1, -0.05) is 54.6 Å². The van der Waals surface area contributed by atoms with Gasteiger partial charge in [0.05, 0.1) is 17.2 Å². The number of nitrogens with one attached hydrogen (secondary N) is 2. The average molecular weight is 428 g/mol. The zero-order chi connectivity index (χ0) is 22.5. The first kappa shape index (κ1) is 21.3. The van der Waals surface area contributed by atoms with Crippen molar-refractivity contribution in [1.82, 2.24) is 4.90 Å². The van der Waals surface area contributed by atoms with Gasteiger partial charge in [0.1, 0.15) is 0 Å². The molecular formula is C26H25N3O3. The SMILES string of the molecule is Cc1cccc(NC(=O)c2ccccc2NC(=O)C2CC(=O)N(Cc3ccccc3)C2)c1. The molecule has 1 unspecified atom stereocenters. The topological polar surface area (TPSA) is 78.5 Å². The van der Waals surface area contributed by atoms with E-state index in [1.165, 1.54) is 0 Å². The average Bonchev–Trinajstić information content (AvgIpc) is 3.15. The highest BCUT2D eigenvalue weighted by molar-refractivity contribution is 6.10. The summed E-state index contributed by atoms with van der Waals surface area (Å²) in [7, 11) is 0. The molecule has 6 nitrogen and oxygen atoms in total. The fraction of sp³-hybridized carbons (Fsp3) is 0.192. The van der Waals surface area contributed by atoms with E-state index < -0.39 is 5.92 Å². The maximum Gasteiger partial charge on any atom is 0.257 e. The van der Waals surface area contributed by atoms with Gasteiger partial charge in [0.15, 0.2) is 0 Å².